The van der Waals surface area contributed by atoms with Gasteiger partial charge in [-0.15, -0.1) is 11.3 Å². The first-order chi connectivity index (χ1) is 13.6. The van der Waals surface area contributed by atoms with E-state index in [1.807, 2.05) is 23.1 Å². The molecule has 2 heterocycles. The second-order valence-corrected chi connectivity index (χ2v) is 7.58. The summed E-state index contributed by atoms with van der Waals surface area (Å²) in [5, 5.41) is 5.67. The van der Waals surface area contributed by atoms with Gasteiger partial charge in [-0.25, -0.2) is 9.37 Å². The Bertz CT molecular complexity index is 1000. The van der Waals surface area contributed by atoms with Crippen LogP contribution in [0.25, 0.3) is 10.2 Å². The maximum atomic E-state index is 13.1. The molecule has 0 aliphatic carbocycles. The summed E-state index contributed by atoms with van der Waals surface area (Å²) in [5.74, 6) is -0.702. The first-order valence-electron chi connectivity index (χ1n) is 8.98. The van der Waals surface area contributed by atoms with E-state index in [4.69, 9.17) is 0 Å². The van der Waals surface area contributed by atoms with Crippen molar-refractivity contribution in [1.29, 1.82) is 0 Å². The lowest BCUT2D eigenvalue weighted by Crippen LogP contribution is -2.55. The summed E-state index contributed by atoms with van der Waals surface area (Å²) in [6, 6.07) is 11.2. The van der Waals surface area contributed by atoms with Gasteiger partial charge in [0.25, 0.3) is 0 Å². The molecule has 2 aromatic carbocycles. The second-order valence-electron chi connectivity index (χ2n) is 6.69. The minimum Gasteiger partial charge on any atom is -0.353 e. The van der Waals surface area contributed by atoms with Crippen LogP contribution in [0.3, 0.4) is 0 Å². The Kier molecular flexibility index (Phi) is 5.31. The van der Waals surface area contributed by atoms with E-state index < -0.39 is 6.04 Å². The molecule has 1 aliphatic rings. The van der Waals surface area contributed by atoms with E-state index in [0.717, 1.165) is 15.8 Å². The van der Waals surface area contributed by atoms with Crippen molar-refractivity contribution >= 4 is 39.1 Å². The first kappa shape index (κ1) is 18.5. The van der Waals surface area contributed by atoms with Gasteiger partial charge in [0.15, 0.2) is 0 Å². The average Bonchev–Trinajstić information content (AvgIpc) is 3.14. The largest absolute Gasteiger partial charge is 0.353 e. The first-order valence-corrected chi connectivity index (χ1v) is 9.86. The number of fused-ring (bicyclic) bond motifs is 1. The third-order valence-corrected chi connectivity index (χ3v) is 5.54. The van der Waals surface area contributed by atoms with Crippen molar-refractivity contribution < 1.29 is 14.0 Å². The Balaban J connectivity index is 1.44. The number of piperazine rings is 1. The van der Waals surface area contributed by atoms with Crippen molar-refractivity contribution in [2.45, 2.75) is 19.0 Å². The Labute approximate surface area is 165 Å². The molecule has 0 spiro atoms. The van der Waals surface area contributed by atoms with Crippen LogP contribution in [0, 0.1) is 5.82 Å². The van der Waals surface area contributed by atoms with Gasteiger partial charge in [-0.3, -0.25) is 14.5 Å². The molecule has 1 atom stereocenters. The van der Waals surface area contributed by atoms with Crippen molar-refractivity contribution in [3.63, 3.8) is 0 Å². The number of thiazole rings is 1. The molecular weight excluding hydrogens is 379 g/mol. The molecule has 1 aromatic heterocycles. The maximum absolute atomic E-state index is 13.1. The molecule has 0 bridgehead atoms. The van der Waals surface area contributed by atoms with E-state index >= 15 is 0 Å². The number of hydrogen-bond acceptors (Lipinski definition) is 5. The summed E-state index contributed by atoms with van der Waals surface area (Å²) in [7, 11) is 0. The molecule has 2 amide bonds. The number of hydrogen-bond donors (Lipinski definition) is 2. The number of aromatic nitrogens is 1. The number of carbonyl (C=O) groups excluding carboxylic acids is 2. The molecule has 2 N–H and O–H groups in total. The number of nitrogens with one attached hydrogen (secondary N) is 2. The van der Waals surface area contributed by atoms with Crippen LogP contribution < -0.4 is 10.6 Å². The lowest BCUT2D eigenvalue weighted by atomic mass is 10.1. The predicted octanol–water partition coefficient (Wildman–Crippen LogP) is 2.76. The zero-order valence-electron chi connectivity index (χ0n) is 15.0. The van der Waals surface area contributed by atoms with Crippen molar-refractivity contribution in [2.24, 2.45) is 0 Å². The number of carbonyl (C=O) groups is 2. The minimum absolute atomic E-state index is 0.0438. The van der Waals surface area contributed by atoms with E-state index in [-0.39, 0.29) is 24.1 Å². The molecule has 1 aliphatic heterocycles. The number of amides is 2. The molecule has 6 nitrogen and oxygen atoms in total. The van der Waals surface area contributed by atoms with Gasteiger partial charge in [-0.05, 0) is 35.9 Å². The van der Waals surface area contributed by atoms with E-state index in [1.165, 1.54) is 23.5 Å². The van der Waals surface area contributed by atoms with Gasteiger partial charge in [-0.1, -0.05) is 12.1 Å². The summed E-state index contributed by atoms with van der Waals surface area (Å²) in [4.78, 5) is 31.1. The maximum Gasteiger partial charge on any atom is 0.237 e. The van der Waals surface area contributed by atoms with E-state index in [9.17, 15) is 14.0 Å². The fraction of sp³-hybridized carbons (Fsp3) is 0.250. The Morgan fingerprint density at radius 2 is 2.11 bits per heavy atom. The van der Waals surface area contributed by atoms with Gasteiger partial charge in [0.1, 0.15) is 5.82 Å². The summed E-state index contributed by atoms with van der Waals surface area (Å²) < 4.78 is 14.2. The van der Waals surface area contributed by atoms with Crippen LogP contribution in [-0.2, 0) is 16.1 Å². The topological polar surface area (TPSA) is 74.3 Å². The number of benzene rings is 2. The lowest BCUT2D eigenvalue weighted by molar-refractivity contribution is -0.132. The molecule has 3 aromatic rings. The summed E-state index contributed by atoms with van der Waals surface area (Å²) in [6.45, 7) is 1.64. The molecule has 1 unspecified atom stereocenters. The van der Waals surface area contributed by atoms with Gasteiger partial charge < -0.3 is 10.6 Å². The number of nitrogens with zero attached hydrogens (tertiary/aromatic N) is 2. The van der Waals surface area contributed by atoms with Gasteiger partial charge >= 0.3 is 0 Å². The third kappa shape index (κ3) is 4.18. The zero-order valence-corrected chi connectivity index (χ0v) is 15.8. The third-order valence-electron chi connectivity index (χ3n) is 4.73. The molecular formula is C20H19FN4O2S. The second kappa shape index (κ2) is 8.04. The predicted molar refractivity (Wildman–Crippen MR) is 106 cm³/mol. The summed E-state index contributed by atoms with van der Waals surface area (Å²) in [5.41, 5.74) is 4.15. The molecule has 1 fully saturated rings. The Hall–Kier alpha value is -2.84. The summed E-state index contributed by atoms with van der Waals surface area (Å²) in [6.07, 6.45) is 0.0438. The van der Waals surface area contributed by atoms with E-state index in [0.29, 0.717) is 25.3 Å². The van der Waals surface area contributed by atoms with Crippen LogP contribution in [0.2, 0.25) is 0 Å². The highest BCUT2D eigenvalue weighted by Crippen LogP contribution is 2.22. The zero-order chi connectivity index (χ0) is 19.5. The number of anilines is 1. The molecule has 28 heavy (non-hydrogen) atoms. The number of rotatable bonds is 5. The van der Waals surface area contributed by atoms with Crippen LogP contribution in [0.4, 0.5) is 10.1 Å². The van der Waals surface area contributed by atoms with E-state index in [1.54, 1.807) is 17.6 Å². The molecule has 144 valence electrons. The molecule has 1 saturated heterocycles. The quantitative estimate of drug-likeness (QED) is 0.693. The molecule has 8 heteroatoms. The van der Waals surface area contributed by atoms with Crippen LogP contribution in [-0.4, -0.2) is 40.8 Å². The fourth-order valence-electron chi connectivity index (χ4n) is 3.32. The molecule has 4 rings (SSSR count). The van der Waals surface area contributed by atoms with Gasteiger partial charge in [-0.2, -0.15) is 0 Å². The Morgan fingerprint density at radius 3 is 2.93 bits per heavy atom. The van der Waals surface area contributed by atoms with Crippen LogP contribution in [0.5, 0.6) is 0 Å². The Morgan fingerprint density at radius 1 is 1.29 bits per heavy atom. The van der Waals surface area contributed by atoms with Crippen molar-refractivity contribution in [3.8, 4) is 0 Å². The van der Waals surface area contributed by atoms with Crippen LogP contribution >= 0.6 is 11.3 Å². The normalized spacial score (nSPS) is 17.5. The highest BCUT2D eigenvalue weighted by molar-refractivity contribution is 7.16. The smallest absolute Gasteiger partial charge is 0.237 e. The van der Waals surface area contributed by atoms with Gasteiger partial charge in [0.05, 0.1) is 28.2 Å². The van der Waals surface area contributed by atoms with Gasteiger partial charge in [0, 0.05) is 25.3 Å². The van der Waals surface area contributed by atoms with Crippen molar-refractivity contribution in [2.75, 3.05) is 18.4 Å². The van der Waals surface area contributed by atoms with Crippen molar-refractivity contribution in [1.82, 2.24) is 15.2 Å². The standard InChI is InChI=1S/C20H19FN4O2S/c21-14-3-1-13(2-4-14)11-25-8-7-22-20(27)17(25)10-19(26)24-15-5-6-18-16(9-15)23-12-28-18/h1-6,9,12,17H,7-8,10-11H2,(H,22,27)(H,24,26). The van der Waals surface area contributed by atoms with Crippen LogP contribution in [0.1, 0.15) is 12.0 Å². The molecule has 0 saturated carbocycles. The molecule has 0 radical (unpaired) electrons. The lowest BCUT2D eigenvalue weighted by Gasteiger charge is -2.34. The van der Waals surface area contributed by atoms with Gasteiger partial charge in [0.2, 0.25) is 11.8 Å². The monoisotopic (exact) mass is 398 g/mol. The summed E-state index contributed by atoms with van der Waals surface area (Å²) >= 11 is 1.54. The average molecular weight is 398 g/mol. The fourth-order valence-corrected chi connectivity index (χ4v) is 3.98. The van der Waals surface area contributed by atoms with E-state index in [2.05, 4.69) is 15.6 Å². The number of halogens is 1. The van der Waals surface area contributed by atoms with Crippen molar-refractivity contribution in [3.05, 3.63) is 59.4 Å². The van der Waals surface area contributed by atoms with Crippen LogP contribution in [0.15, 0.2) is 48.0 Å². The highest BCUT2D eigenvalue weighted by Gasteiger charge is 2.31. The minimum atomic E-state index is -0.568. The highest BCUT2D eigenvalue weighted by atomic mass is 32.1. The SMILES string of the molecule is O=C(CC1C(=O)NCCN1Cc1ccc(F)cc1)Nc1ccc2scnc2c1.